The molecule has 0 bridgehead atoms. The van der Waals surface area contributed by atoms with Crippen molar-refractivity contribution in [2.45, 2.75) is 13.1 Å². The summed E-state index contributed by atoms with van der Waals surface area (Å²) in [6, 6.07) is 28.7. The maximum absolute atomic E-state index is 5.36. The van der Waals surface area contributed by atoms with E-state index in [1.54, 1.807) is 7.11 Å². The fraction of sp³-hybridized carbons (Fsp3) is 0.111. The van der Waals surface area contributed by atoms with Gasteiger partial charge in [-0.25, -0.2) is 9.36 Å². The van der Waals surface area contributed by atoms with E-state index < -0.39 is 0 Å². The van der Waals surface area contributed by atoms with E-state index in [1.807, 2.05) is 54.1 Å². The standard InChI is InChI=1S/C27H23N5O/c1-18-16-25-22-10-6-7-11-24(22)28-27(32(25)29-18)23-17-31(20-8-4-3-5-9-20)30-26(23)19-12-14-21(33-2)15-13-19/h3-17,27-28H,1-2H3/t27-/m1/s1. The number of hydrogen-bond acceptors (Lipinski definition) is 4. The summed E-state index contributed by atoms with van der Waals surface area (Å²) in [7, 11) is 1.68. The molecule has 162 valence electrons. The number of nitrogens with one attached hydrogen (secondary N) is 1. The van der Waals surface area contributed by atoms with E-state index in [1.165, 1.54) is 0 Å². The lowest BCUT2D eigenvalue weighted by Gasteiger charge is -2.29. The van der Waals surface area contributed by atoms with E-state index in [0.717, 1.165) is 50.9 Å². The van der Waals surface area contributed by atoms with E-state index in [9.17, 15) is 0 Å². The quantitative estimate of drug-likeness (QED) is 0.395. The minimum atomic E-state index is -0.196. The van der Waals surface area contributed by atoms with E-state index in [2.05, 4.69) is 58.7 Å². The van der Waals surface area contributed by atoms with Gasteiger partial charge in [-0.05, 0) is 55.5 Å². The zero-order valence-electron chi connectivity index (χ0n) is 18.4. The molecule has 0 amide bonds. The fourth-order valence-electron chi connectivity index (χ4n) is 4.44. The summed E-state index contributed by atoms with van der Waals surface area (Å²) < 4.78 is 9.37. The Balaban J connectivity index is 1.55. The highest BCUT2D eigenvalue weighted by Crippen LogP contribution is 2.41. The van der Waals surface area contributed by atoms with Crippen molar-refractivity contribution < 1.29 is 4.74 Å². The molecule has 1 aliphatic rings. The molecule has 0 fully saturated rings. The second kappa shape index (κ2) is 7.67. The van der Waals surface area contributed by atoms with Crippen molar-refractivity contribution >= 4 is 5.69 Å². The summed E-state index contributed by atoms with van der Waals surface area (Å²) >= 11 is 0. The van der Waals surface area contributed by atoms with Crippen LogP contribution in [0.15, 0.2) is 91.1 Å². The van der Waals surface area contributed by atoms with Crippen molar-refractivity contribution in [2.24, 2.45) is 0 Å². The highest BCUT2D eigenvalue weighted by molar-refractivity contribution is 5.79. The van der Waals surface area contributed by atoms with E-state index in [4.69, 9.17) is 14.9 Å². The summed E-state index contributed by atoms with van der Waals surface area (Å²) in [6.45, 7) is 2.03. The molecule has 3 aromatic carbocycles. The average Bonchev–Trinajstić information content (AvgIpc) is 3.48. The molecule has 33 heavy (non-hydrogen) atoms. The van der Waals surface area contributed by atoms with E-state index in [0.29, 0.717) is 0 Å². The normalized spacial score (nSPS) is 14.3. The van der Waals surface area contributed by atoms with Crippen LogP contribution in [0, 0.1) is 6.92 Å². The summed E-state index contributed by atoms with van der Waals surface area (Å²) in [5.74, 6) is 0.817. The van der Waals surface area contributed by atoms with Crippen LogP contribution in [0.1, 0.15) is 17.4 Å². The zero-order chi connectivity index (χ0) is 22.4. The number of fused-ring (bicyclic) bond motifs is 3. The summed E-state index contributed by atoms with van der Waals surface area (Å²) in [4.78, 5) is 0. The Kier molecular flexibility index (Phi) is 4.50. The lowest BCUT2D eigenvalue weighted by Crippen LogP contribution is -2.25. The van der Waals surface area contributed by atoms with Crippen LogP contribution in [-0.4, -0.2) is 26.7 Å². The van der Waals surface area contributed by atoms with Gasteiger partial charge in [0.25, 0.3) is 0 Å². The molecule has 0 aliphatic carbocycles. The molecule has 0 saturated heterocycles. The van der Waals surface area contributed by atoms with Gasteiger partial charge in [-0.15, -0.1) is 0 Å². The van der Waals surface area contributed by atoms with Crippen LogP contribution < -0.4 is 10.1 Å². The van der Waals surface area contributed by atoms with Crippen molar-refractivity contribution in [3.05, 3.63) is 102 Å². The van der Waals surface area contributed by atoms with Gasteiger partial charge in [-0.2, -0.15) is 10.2 Å². The molecular formula is C27H23N5O. The third kappa shape index (κ3) is 3.27. The fourth-order valence-corrected chi connectivity index (χ4v) is 4.44. The first-order chi connectivity index (χ1) is 16.2. The van der Waals surface area contributed by atoms with Gasteiger partial charge in [-0.1, -0.05) is 36.4 Å². The van der Waals surface area contributed by atoms with E-state index >= 15 is 0 Å². The van der Waals surface area contributed by atoms with Crippen LogP contribution in [0.2, 0.25) is 0 Å². The van der Waals surface area contributed by atoms with Crippen molar-refractivity contribution in [3.8, 4) is 34.0 Å². The Hall–Kier alpha value is -4.32. The highest BCUT2D eigenvalue weighted by atomic mass is 16.5. The molecule has 6 nitrogen and oxygen atoms in total. The van der Waals surface area contributed by atoms with E-state index in [-0.39, 0.29) is 6.17 Å². The molecule has 5 aromatic rings. The van der Waals surface area contributed by atoms with Crippen molar-refractivity contribution in [1.82, 2.24) is 19.6 Å². The number of aromatic nitrogens is 4. The molecule has 0 unspecified atom stereocenters. The first-order valence-electron chi connectivity index (χ1n) is 10.9. The minimum absolute atomic E-state index is 0.196. The molecule has 1 aliphatic heterocycles. The number of ether oxygens (including phenoxy) is 1. The Morgan fingerprint density at radius 1 is 0.879 bits per heavy atom. The number of anilines is 1. The number of methoxy groups -OCH3 is 1. The summed E-state index contributed by atoms with van der Waals surface area (Å²) in [5.41, 5.74) is 8.28. The van der Waals surface area contributed by atoms with Gasteiger partial charge in [0, 0.05) is 28.6 Å². The summed E-state index contributed by atoms with van der Waals surface area (Å²) in [5, 5.41) is 13.6. The first kappa shape index (κ1) is 19.4. The Labute approximate surface area is 192 Å². The summed E-state index contributed by atoms with van der Waals surface area (Å²) in [6.07, 6.45) is 1.90. The number of para-hydroxylation sites is 2. The Bertz CT molecular complexity index is 1430. The van der Waals surface area contributed by atoms with Crippen LogP contribution in [0.4, 0.5) is 5.69 Å². The molecule has 2 aromatic heterocycles. The van der Waals surface area contributed by atoms with Crippen molar-refractivity contribution in [1.29, 1.82) is 0 Å². The topological polar surface area (TPSA) is 56.9 Å². The Morgan fingerprint density at radius 2 is 1.64 bits per heavy atom. The lowest BCUT2D eigenvalue weighted by molar-refractivity contribution is 0.415. The highest BCUT2D eigenvalue weighted by Gasteiger charge is 2.30. The van der Waals surface area contributed by atoms with Gasteiger partial charge in [0.05, 0.1) is 29.9 Å². The van der Waals surface area contributed by atoms with Crippen LogP contribution >= 0.6 is 0 Å². The van der Waals surface area contributed by atoms with Crippen molar-refractivity contribution in [3.63, 3.8) is 0 Å². The number of rotatable bonds is 4. The smallest absolute Gasteiger partial charge is 0.151 e. The van der Waals surface area contributed by atoms with Gasteiger partial charge in [-0.3, -0.25) is 0 Å². The largest absolute Gasteiger partial charge is 0.497 e. The van der Waals surface area contributed by atoms with Crippen LogP contribution in [0.25, 0.3) is 28.2 Å². The first-order valence-corrected chi connectivity index (χ1v) is 10.9. The molecule has 1 N–H and O–H groups in total. The molecular weight excluding hydrogens is 410 g/mol. The lowest BCUT2D eigenvalue weighted by atomic mass is 10.0. The predicted octanol–water partition coefficient (Wildman–Crippen LogP) is 5.69. The molecule has 1 atom stereocenters. The molecule has 6 rings (SSSR count). The number of benzene rings is 3. The monoisotopic (exact) mass is 433 g/mol. The molecule has 6 heteroatoms. The third-order valence-corrected chi connectivity index (χ3v) is 6.02. The number of aryl methyl sites for hydroxylation is 1. The second-order valence-electron chi connectivity index (χ2n) is 8.15. The molecule has 3 heterocycles. The zero-order valence-corrected chi connectivity index (χ0v) is 18.4. The number of nitrogens with zero attached hydrogens (tertiary/aromatic N) is 4. The van der Waals surface area contributed by atoms with Crippen LogP contribution in [0.5, 0.6) is 5.75 Å². The number of hydrogen-bond donors (Lipinski definition) is 1. The maximum Gasteiger partial charge on any atom is 0.151 e. The third-order valence-electron chi connectivity index (χ3n) is 6.02. The van der Waals surface area contributed by atoms with Gasteiger partial charge in [0.2, 0.25) is 0 Å². The average molecular weight is 434 g/mol. The van der Waals surface area contributed by atoms with Gasteiger partial charge in [0.1, 0.15) is 5.75 Å². The van der Waals surface area contributed by atoms with Gasteiger partial charge in [0.15, 0.2) is 6.17 Å². The Morgan fingerprint density at radius 3 is 2.42 bits per heavy atom. The molecule has 0 spiro atoms. The van der Waals surface area contributed by atoms with Gasteiger partial charge < -0.3 is 10.1 Å². The predicted molar refractivity (Wildman–Crippen MR) is 130 cm³/mol. The minimum Gasteiger partial charge on any atom is -0.497 e. The molecule has 0 radical (unpaired) electrons. The van der Waals surface area contributed by atoms with Crippen LogP contribution in [0.3, 0.4) is 0 Å². The maximum atomic E-state index is 5.36. The SMILES string of the molecule is COc1ccc(-c2nn(-c3ccccc3)cc2[C@@H]2Nc3ccccc3-c3cc(C)nn32)cc1. The van der Waals surface area contributed by atoms with Crippen molar-refractivity contribution in [2.75, 3.05) is 12.4 Å². The molecule has 0 saturated carbocycles. The van der Waals surface area contributed by atoms with Gasteiger partial charge >= 0.3 is 0 Å². The van der Waals surface area contributed by atoms with Crippen LogP contribution in [-0.2, 0) is 0 Å². The second-order valence-corrected chi connectivity index (χ2v) is 8.15.